The summed E-state index contributed by atoms with van der Waals surface area (Å²) in [5, 5.41) is 11.5. The SMILES string of the molecule is CCCC1CC1NC(=NC)NC1CCCn2nc(C)nc21.I. The summed E-state index contributed by atoms with van der Waals surface area (Å²) in [6.45, 7) is 5.18. The first-order chi connectivity index (χ1) is 10.2. The highest BCUT2D eigenvalue weighted by Crippen LogP contribution is 2.34. The van der Waals surface area contributed by atoms with Gasteiger partial charge in [0, 0.05) is 19.6 Å². The van der Waals surface area contributed by atoms with Gasteiger partial charge in [0.1, 0.15) is 11.6 Å². The highest BCUT2D eigenvalue weighted by atomic mass is 127. The minimum Gasteiger partial charge on any atom is -0.353 e. The van der Waals surface area contributed by atoms with Crippen molar-refractivity contribution in [1.82, 2.24) is 25.4 Å². The molecule has 0 aromatic carbocycles. The first-order valence-electron chi connectivity index (χ1n) is 8.12. The van der Waals surface area contributed by atoms with E-state index in [2.05, 4.69) is 32.6 Å². The molecule has 124 valence electrons. The van der Waals surface area contributed by atoms with Crippen molar-refractivity contribution in [2.45, 2.75) is 64.6 Å². The van der Waals surface area contributed by atoms with Crippen LogP contribution in [-0.4, -0.2) is 33.8 Å². The van der Waals surface area contributed by atoms with Gasteiger partial charge in [0.25, 0.3) is 0 Å². The molecule has 3 unspecified atom stereocenters. The van der Waals surface area contributed by atoms with Crippen LogP contribution in [0.5, 0.6) is 0 Å². The highest BCUT2D eigenvalue weighted by molar-refractivity contribution is 14.0. The van der Waals surface area contributed by atoms with E-state index in [-0.39, 0.29) is 30.0 Å². The number of aryl methyl sites for hydroxylation is 2. The molecule has 1 fully saturated rings. The Kier molecular flexibility index (Phi) is 6.05. The zero-order chi connectivity index (χ0) is 14.8. The maximum absolute atomic E-state index is 4.57. The molecule has 1 aliphatic carbocycles. The maximum Gasteiger partial charge on any atom is 0.191 e. The van der Waals surface area contributed by atoms with Crippen LogP contribution in [0.15, 0.2) is 4.99 Å². The molecule has 1 aliphatic heterocycles. The minimum atomic E-state index is 0. The van der Waals surface area contributed by atoms with E-state index in [1.165, 1.54) is 19.3 Å². The largest absolute Gasteiger partial charge is 0.353 e. The Morgan fingerprint density at radius 1 is 1.41 bits per heavy atom. The average Bonchev–Trinajstić information content (AvgIpc) is 3.06. The molecule has 3 rings (SSSR count). The van der Waals surface area contributed by atoms with Crippen LogP contribution in [0.4, 0.5) is 0 Å². The number of fused-ring (bicyclic) bond motifs is 1. The number of hydrogen-bond donors (Lipinski definition) is 2. The van der Waals surface area contributed by atoms with Gasteiger partial charge >= 0.3 is 0 Å². The molecular weight excluding hydrogens is 391 g/mol. The molecular formula is C15H27IN6. The molecule has 2 heterocycles. The Bertz CT molecular complexity index is 526. The fourth-order valence-electron chi connectivity index (χ4n) is 3.23. The van der Waals surface area contributed by atoms with Crippen molar-refractivity contribution in [3.63, 3.8) is 0 Å². The van der Waals surface area contributed by atoms with E-state index in [1.807, 2.05) is 18.7 Å². The Balaban J connectivity index is 0.00000176. The van der Waals surface area contributed by atoms with Gasteiger partial charge in [-0.25, -0.2) is 9.67 Å². The van der Waals surface area contributed by atoms with Crippen molar-refractivity contribution in [1.29, 1.82) is 0 Å². The molecule has 1 aromatic heterocycles. The summed E-state index contributed by atoms with van der Waals surface area (Å²) >= 11 is 0. The number of aromatic nitrogens is 3. The van der Waals surface area contributed by atoms with Gasteiger partial charge in [0.05, 0.1) is 6.04 Å². The van der Waals surface area contributed by atoms with Crippen molar-refractivity contribution < 1.29 is 0 Å². The van der Waals surface area contributed by atoms with Gasteiger partial charge in [-0.2, -0.15) is 5.10 Å². The van der Waals surface area contributed by atoms with Gasteiger partial charge in [-0.1, -0.05) is 13.3 Å². The van der Waals surface area contributed by atoms with Crippen molar-refractivity contribution in [3.8, 4) is 0 Å². The highest BCUT2D eigenvalue weighted by Gasteiger charge is 2.37. The Morgan fingerprint density at radius 2 is 2.23 bits per heavy atom. The molecule has 22 heavy (non-hydrogen) atoms. The second kappa shape index (κ2) is 7.61. The zero-order valence-electron chi connectivity index (χ0n) is 13.7. The van der Waals surface area contributed by atoms with Crippen LogP contribution >= 0.6 is 24.0 Å². The molecule has 0 radical (unpaired) electrons. The van der Waals surface area contributed by atoms with Crippen molar-refractivity contribution in [3.05, 3.63) is 11.6 Å². The first-order valence-corrected chi connectivity index (χ1v) is 8.12. The maximum atomic E-state index is 4.57. The number of guanidine groups is 1. The molecule has 0 spiro atoms. The van der Waals surface area contributed by atoms with Crippen LogP contribution in [0.3, 0.4) is 0 Å². The topological polar surface area (TPSA) is 67.1 Å². The Morgan fingerprint density at radius 3 is 2.95 bits per heavy atom. The zero-order valence-corrected chi connectivity index (χ0v) is 16.0. The van der Waals surface area contributed by atoms with Crippen LogP contribution in [0, 0.1) is 12.8 Å². The predicted molar refractivity (Wildman–Crippen MR) is 98.6 cm³/mol. The molecule has 3 atom stereocenters. The summed E-state index contributed by atoms with van der Waals surface area (Å²) < 4.78 is 2.03. The van der Waals surface area contributed by atoms with E-state index in [0.717, 1.165) is 42.9 Å². The summed E-state index contributed by atoms with van der Waals surface area (Å²) in [6.07, 6.45) is 6.06. The lowest BCUT2D eigenvalue weighted by atomic mass is 10.1. The summed E-state index contributed by atoms with van der Waals surface area (Å²) in [5.41, 5.74) is 0. The molecule has 1 saturated carbocycles. The second-order valence-electron chi connectivity index (χ2n) is 6.19. The number of nitrogens with one attached hydrogen (secondary N) is 2. The summed E-state index contributed by atoms with van der Waals surface area (Å²) in [7, 11) is 1.84. The number of halogens is 1. The normalized spacial score (nSPS) is 26.9. The van der Waals surface area contributed by atoms with Crippen LogP contribution < -0.4 is 10.6 Å². The molecule has 0 amide bonds. The predicted octanol–water partition coefficient (Wildman–Crippen LogP) is 2.39. The van der Waals surface area contributed by atoms with Crippen LogP contribution in [0.25, 0.3) is 0 Å². The van der Waals surface area contributed by atoms with E-state index in [4.69, 9.17) is 0 Å². The fourth-order valence-corrected chi connectivity index (χ4v) is 3.23. The lowest BCUT2D eigenvalue weighted by Gasteiger charge is -2.25. The third kappa shape index (κ3) is 3.91. The van der Waals surface area contributed by atoms with E-state index in [9.17, 15) is 0 Å². The third-order valence-electron chi connectivity index (χ3n) is 4.42. The molecule has 0 saturated heterocycles. The van der Waals surface area contributed by atoms with Gasteiger partial charge < -0.3 is 10.6 Å². The second-order valence-corrected chi connectivity index (χ2v) is 6.19. The van der Waals surface area contributed by atoms with E-state index in [1.54, 1.807) is 0 Å². The lowest BCUT2D eigenvalue weighted by molar-refractivity contribution is 0.397. The van der Waals surface area contributed by atoms with E-state index >= 15 is 0 Å². The lowest BCUT2D eigenvalue weighted by Crippen LogP contribution is -2.42. The van der Waals surface area contributed by atoms with Crippen molar-refractivity contribution in [2.24, 2.45) is 10.9 Å². The van der Waals surface area contributed by atoms with Gasteiger partial charge in [0.15, 0.2) is 5.96 Å². The summed E-state index contributed by atoms with van der Waals surface area (Å²) in [4.78, 5) is 8.94. The molecule has 6 nitrogen and oxygen atoms in total. The van der Waals surface area contributed by atoms with Gasteiger partial charge in [-0.3, -0.25) is 4.99 Å². The quantitative estimate of drug-likeness (QED) is 0.448. The van der Waals surface area contributed by atoms with Crippen LogP contribution in [0.2, 0.25) is 0 Å². The Hall–Kier alpha value is -0.860. The summed E-state index contributed by atoms with van der Waals surface area (Å²) in [5.74, 6) is 3.62. The molecule has 1 aromatic rings. The minimum absolute atomic E-state index is 0. The number of rotatable bonds is 4. The summed E-state index contributed by atoms with van der Waals surface area (Å²) in [6, 6.07) is 0.814. The standard InChI is InChI=1S/C15H26N6.HI/c1-4-6-11-9-13(11)19-15(16-3)18-12-7-5-8-21-14(12)17-10(2)20-21;/h11-13H,4-9H2,1-3H3,(H2,16,18,19);1H. The number of nitrogens with zero attached hydrogens (tertiary/aromatic N) is 4. The Labute approximate surface area is 149 Å². The van der Waals surface area contributed by atoms with Gasteiger partial charge in [-0.05, 0) is 38.5 Å². The van der Waals surface area contributed by atoms with E-state index in [0.29, 0.717) is 6.04 Å². The monoisotopic (exact) mass is 418 g/mol. The first kappa shape index (κ1) is 17.5. The smallest absolute Gasteiger partial charge is 0.191 e. The molecule has 2 N–H and O–H groups in total. The average molecular weight is 418 g/mol. The van der Waals surface area contributed by atoms with Gasteiger partial charge in [-0.15, -0.1) is 24.0 Å². The van der Waals surface area contributed by atoms with Crippen molar-refractivity contribution in [2.75, 3.05) is 7.05 Å². The number of hydrogen-bond acceptors (Lipinski definition) is 3. The molecule has 0 bridgehead atoms. The molecule has 2 aliphatic rings. The number of aliphatic imine (C=N–C) groups is 1. The fraction of sp³-hybridized carbons (Fsp3) is 0.800. The molecule has 7 heteroatoms. The third-order valence-corrected chi connectivity index (χ3v) is 4.42. The van der Waals surface area contributed by atoms with E-state index < -0.39 is 0 Å². The van der Waals surface area contributed by atoms with Crippen molar-refractivity contribution >= 4 is 29.9 Å². The van der Waals surface area contributed by atoms with Gasteiger partial charge in [0.2, 0.25) is 0 Å². The van der Waals surface area contributed by atoms with Crippen LogP contribution in [0.1, 0.15) is 56.7 Å². The van der Waals surface area contributed by atoms with Crippen LogP contribution in [-0.2, 0) is 6.54 Å².